The van der Waals surface area contributed by atoms with Gasteiger partial charge in [0.1, 0.15) is 8.07 Å². The van der Waals surface area contributed by atoms with Crippen molar-refractivity contribution in [2.75, 3.05) is 11.9 Å². The number of nitrogens with zero attached hydrogens (tertiary/aromatic N) is 2. The molecule has 0 aliphatic carbocycles. The summed E-state index contributed by atoms with van der Waals surface area (Å²) in [4.78, 5) is 7.48. The number of benzene rings is 3. The Bertz CT molecular complexity index is 1530. The summed E-state index contributed by atoms with van der Waals surface area (Å²) in [6, 6.07) is 24.5. The molecular formula is C29H28N2SSi. The summed E-state index contributed by atoms with van der Waals surface area (Å²) in [6.45, 7) is 9.61. The first-order valence-corrected chi connectivity index (χ1v) is 15.5. The molecule has 33 heavy (non-hydrogen) atoms. The number of thiophene rings is 1. The molecule has 0 bridgehead atoms. The first-order valence-electron chi connectivity index (χ1n) is 11.7. The zero-order valence-electron chi connectivity index (χ0n) is 19.8. The van der Waals surface area contributed by atoms with Crippen molar-refractivity contribution in [3.05, 3.63) is 78.5 Å². The molecule has 2 nitrogen and oxygen atoms in total. The molecule has 0 radical (unpaired) electrons. The highest BCUT2D eigenvalue weighted by atomic mass is 32.1. The first kappa shape index (κ1) is 20.6. The molecule has 0 atom stereocenters. The molecule has 0 saturated carbocycles. The molecule has 0 N–H and O–H groups in total. The maximum Gasteiger partial charge on any atom is 0.127 e. The molecule has 4 heteroatoms. The molecule has 1 aliphatic heterocycles. The molecule has 164 valence electrons. The largest absolute Gasteiger partial charge is 0.343 e. The van der Waals surface area contributed by atoms with Gasteiger partial charge >= 0.3 is 0 Å². The minimum absolute atomic E-state index is 0.412. The first-order chi connectivity index (χ1) is 15.9. The van der Waals surface area contributed by atoms with Crippen LogP contribution < -0.4 is 14.6 Å². The molecule has 0 saturated heterocycles. The van der Waals surface area contributed by atoms with Gasteiger partial charge in [0.2, 0.25) is 0 Å². The highest BCUT2D eigenvalue weighted by molar-refractivity contribution is 7.34. The summed E-state index contributed by atoms with van der Waals surface area (Å²) in [7, 11) is 0.368. The van der Waals surface area contributed by atoms with E-state index in [1.165, 1.54) is 53.0 Å². The molecule has 5 aromatic rings. The SMILES string of the molecule is CC(C)c1c2c(cc3ccccc13)-c1nccc3sc([Si](C)(C)c4ccccc4)c(c13)N2C. The fourth-order valence-corrected chi connectivity index (χ4v) is 10.4. The summed E-state index contributed by atoms with van der Waals surface area (Å²) >= 11 is 1.98. The standard InChI is InChI=1S/C29H28N2SSi/c1-18(2)24-21-14-10-9-11-19(21)17-22-26-25-23(15-16-30-26)32-29(28(25)31(3)27(22)24)33(4,5)20-12-7-6-8-13-20/h6-18H,1-5H3. The van der Waals surface area contributed by atoms with Gasteiger partial charge in [-0.05, 0) is 34.4 Å². The zero-order chi connectivity index (χ0) is 22.9. The molecule has 0 fully saturated rings. The number of anilines is 2. The Labute approximate surface area is 200 Å². The fraction of sp³-hybridized carbons (Fsp3) is 0.207. The number of hydrogen-bond donors (Lipinski definition) is 0. The summed E-state index contributed by atoms with van der Waals surface area (Å²) in [5.41, 5.74) is 6.54. The van der Waals surface area contributed by atoms with E-state index in [4.69, 9.17) is 4.98 Å². The Morgan fingerprint density at radius 3 is 2.39 bits per heavy atom. The van der Waals surface area contributed by atoms with Crippen molar-refractivity contribution in [2.45, 2.75) is 32.9 Å². The second-order valence-electron chi connectivity index (χ2n) is 9.92. The molecule has 3 aromatic carbocycles. The fourth-order valence-electron chi connectivity index (χ4n) is 5.57. The van der Waals surface area contributed by atoms with Crippen LogP contribution in [-0.2, 0) is 0 Å². The summed E-state index contributed by atoms with van der Waals surface area (Å²) in [6.07, 6.45) is 2.00. The van der Waals surface area contributed by atoms with E-state index in [2.05, 4.69) is 106 Å². The van der Waals surface area contributed by atoms with E-state index in [-0.39, 0.29) is 0 Å². The molecule has 0 amide bonds. The Kier molecular flexibility index (Phi) is 4.55. The third-order valence-electron chi connectivity index (χ3n) is 7.20. The lowest BCUT2D eigenvalue weighted by atomic mass is 9.87. The topological polar surface area (TPSA) is 16.1 Å². The van der Waals surface area contributed by atoms with Gasteiger partial charge in [-0.3, -0.25) is 4.98 Å². The van der Waals surface area contributed by atoms with Crippen LogP contribution in [0, 0.1) is 0 Å². The van der Waals surface area contributed by atoms with Crippen LogP contribution in [0.25, 0.3) is 32.1 Å². The van der Waals surface area contributed by atoms with E-state index in [0.29, 0.717) is 5.92 Å². The van der Waals surface area contributed by atoms with Crippen molar-refractivity contribution in [2.24, 2.45) is 0 Å². The van der Waals surface area contributed by atoms with Gasteiger partial charge in [0.25, 0.3) is 0 Å². The normalized spacial score (nSPS) is 13.2. The van der Waals surface area contributed by atoms with Gasteiger partial charge in [-0.2, -0.15) is 0 Å². The van der Waals surface area contributed by atoms with Gasteiger partial charge in [0, 0.05) is 33.4 Å². The van der Waals surface area contributed by atoms with Crippen molar-refractivity contribution in [3.8, 4) is 11.3 Å². The monoisotopic (exact) mass is 464 g/mol. The number of hydrogen-bond acceptors (Lipinski definition) is 3. The second kappa shape index (κ2) is 7.27. The lowest BCUT2D eigenvalue weighted by Crippen LogP contribution is -2.52. The average Bonchev–Trinajstić information content (AvgIpc) is 3.23. The number of rotatable bonds is 3. The van der Waals surface area contributed by atoms with E-state index in [1.807, 2.05) is 17.5 Å². The predicted octanol–water partition coefficient (Wildman–Crippen LogP) is 7.14. The lowest BCUT2D eigenvalue weighted by molar-refractivity contribution is 0.872. The molecule has 0 unspecified atom stereocenters. The van der Waals surface area contributed by atoms with E-state index in [9.17, 15) is 0 Å². The summed E-state index contributed by atoms with van der Waals surface area (Å²) < 4.78 is 2.88. The highest BCUT2D eigenvalue weighted by Gasteiger charge is 2.37. The van der Waals surface area contributed by atoms with E-state index < -0.39 is 8.07 Å². The Balaban J connectivity index is 1.73. The minimum Gasteiger partial charge on any atom is -0.343 e. The zero-order valence-corrected chi connectivity index (χ0v) is 21.6. The molecule has 1 aliphatic rings. The van der Waals surface area contributed by atoms with Crippen LogP contribution in [0.3, 0.4) is 0 Å². The van der Waals surface area contributed by atoms with Crippen LogP contribution in [0.4, 0.5) is 11.4 Å². The van der Waals surface area contributed by atoms with Crippen molar-refractivity contribution in [1.82, 2.24) is 4.98 Å². The Morgan fingerprint density at radius 2 is 1.64 bits per heavy atom. The van der Waals surface area contributed by atoms with Crippen LogP contribution >= 0.6 is 11.3 Å². The lowest BCUT2D eigenvalue weighted by Gasteiger charge is -2.34. The van der Waals surface area contributed by atoms with Crippen molar-refractivity contribution in [1.29, 1.82) is 0 Å². The smallest absolute Gasteiger partial charge is 0.127 e. The van der Waals surface area contributed by atoms with Crippen molar-refractivity contribution in [3.63, 3.8) is 0 Å². The molecule has 3 heterocycles. The van der Waals surface area contributed by atoms with Gasteiger partial charge < -0.3 is 4.90 Å². The van der Waals surface area contributed by atoms with Gasteiger partial charge in [-0.25, -0.2) is 0 Å². The predicted molar refractivity (Wildman–Crippen MR) is 148 cm³/mol. The Morgan fingerprint density at radius 1 is 0.909 bits per heavy atom. The van der Waals surface area contributed by atoms with Crippen LogP contribution in [0.2, 0.25) is 13.1 Å². The van der Waals surface area contributed by atoms with Crippen LogP contribution in [0.1, 0.15) is 25.3 Å². The maximum absolute atomic E-state index is 4.98. The van der Waals surface area contributed by atoms with Crippen LogP contribution in [0.5, 0.6) is 0 Å². The maximum atomic E-state index is 4.98. The third kappa shape index (κ3) is 2.87. The number of aromatic nitrogens is 1. The van der Waals surface area contributed by atoms with E-state index in [0.717, 1.165) is 5.69 Å². The number of pyridine rings is 1. The van der Waals surface area contributed by atoms with Crippen LogP contribution in [-0.4, -0.2) is 20.1 Å². The molecule has 0 spiro atoms. The third-order valence-corrected chi connectivity index (χ3v) is 13.1. The quantitative estimate of drug-likeness (QED) is 0.264. The van der Waals surface area contributed by atoms with Crippen LogP contribution in [0.15, 0.2) is 72.9 Å². The van der Waals surface area contributed by atoms with Gasteiger partial charge in [-0.1, -0.05) is 86.7 Å². The van der Waals surface area contributed by atoms with Crippen molar-refractivity contribution >= 4 is 61.3 Å². The highest BCUT2D eigenvalue weighted by Crippen LogP contribution is 2.52. The molecule has 6 rings (SSSR count). The molecule has 2 aromatic heterocycles. The van der Waals surface area contributed by atoms with Crippen molar-refractivity contribution < 1.29 is 0 Å². The average molecular weight is 465 g/mol. The summed E-state index contributed by atoms with van der Waals surface area (Å²) in [5.74, 6) is 0.412. The van der Waals surface area contributed by atoms with E-state index in [1.54, 1.807) is 0 Å². The second-order valence-corrected chi connectivity index (χ2v) is 15.7. The molecular weight excluding hydrogens is 436 g/mol. The van der Waals surface area contributed by atoms with E-state index >= 15 is 0 Å². The summed E-state index contributed by atoms with van der Waals surface area (Å²) in [5, 5.41) is 5.45. The van der Waals surface area contributed by atoms with Gasteiger partial charge in [-0.15, -0.1) is 11.3 Å². The van der Waals surface area contributed by atoms with Gasteiger partial charge in [0.15, 0.2) is 0 Å². The Hall–Kier alpha value is -2.95. The van der Waals surface area contributed by atoms with Gasteiger partial charge in [0.05, 0.1) is 17.1 Å². The number of fused-ring (bicyclic) bond motifs is 3. The minimum atomic E-state index is -1.91.